The molecule has 11 nitrogen and oxygen atoms in total. The number of alkyl halides is 3. The number of Topliss-reactive ketones (excluding diaryl/α,β-unsaturated/α-hetero) is 2. The zero-order chi connectivity index (χ0) is 38.6. The molecule has 15 heteroatoms. The molecule has 3 fully saturated rings. The Balaban J connectivity index is 1.85. The molecule has 294 valence electrons. The van der Waals surface area contributed by atoms with Crippen molar-refractivity contribution in [3.63, 3.8) is 0 Å². The van der Waals surface area contributed by atoms with Crippen LogP contribution in [0.5, 0.6) is 0 Å². The first kappa shape index (κ1) is 43.3. The van der Waals surface area contributed by atoms with Crippen LogP contribution in [0.2, 0.25) is 0 Å². The number of rotatable bonds is 20. The standard InChI is InChI=1S/C37H58F3N5O6S/c1-6-18-41-33(49)31(47)34(52-20-11-10-17-37(38,39)40)44-32(48)29-26(21-22(2)3)16-19-45(29)35(50)28(24-12-8-7-9-13-24)43-36(51)42-27(23(4)5)30(46)25-14-15-25/h6,22-29,34H,1,7-21H2,2-5H3,(H,41,49)(H,44,48)(H2,42,43,51)/t26-,27+,28+,29+,34?/m1/s1. The lowest BCUT2D eigenvalue weighted by atomic mass is 9.83. The molecule has 0 aromatic heterocycles. The SMILES string of the molecule is C=CCNC(=O)C(=O)C(NC(=O)[C@@H]1[C@@H](CC(C)C)CCN1C(=O)[C@@H](NC(=O)N[C@H](C(=O)C1CC1)C(C)C)C1CCCCC1)SCCCCC(F)(F)F. The minimum atomic E-state index is -4.32. The molecule has 1 heterocycles. The summed E-state index contributed by atoms with van der Waals surface area (Å²) in [5, 5.41) is 9.40. The Labute approximate surface area is 310 Å². The summed E-state index contributed by atoms with van der Waals surface area (Å²) in [5.74, 6) is -3.46. The van der Waals surface area contributed by atoms with E-state index in [-0.39, 0.29) is 67.1 Å². The number of urea groups is 1. The number of amides is 5. The minimum Gasteiger partial charge on any atom is -0.346 e. The monoisotopic (exact) mass is 757 g/mol. The number of unbranched alkanes of at least 4 members (excludes halogenated alkanes) is 1. The van der Waals surface area contributed by atoms with Crippen LogP contribution in [0.3, 0.4) is 0 Å². The number of halogens is 3. The molecular weight excluding hydrogens is 699 g/mol. The van der Waals surface area contributed by atoms with Crippen molar-refractivity contribution >= 4 is 47.1 Å². The van der Waals surface area contributed by atoms with Crippen molar-refractivity contribution in [2.75, 3.05) is 18.8 Å². The van der Waals surface area contributed by atoms with Gasteiger partial charge in [0.25, 0.3) is 11.7 Å². The fraction of sp³-hybridized carbons (Fsp3) is 0.784. The third-order valence-electron chi connectivity index (χ3n) is 10.0. The van der Waals surface area contributed by atoms with E-state index < -0.39 is 65.6 Å². The highest BCUT2D eigenvalue weighted by atomic mass is 32.2. The maximum Gasteiger partial charge on any atom is 0.389 e. The lowest BCUT2D eigenvalue weighted by molar-refractivity contribution is -0.143. The highest BCUT2D eigenvalue weighted by Gasteiger charge is 2.47. The predicted octanol–water partition coefficient (Wildman–Crippen LogP) is 5.28. The number of carbonyl (C=O) groups is 6. The summed E-state index contributed by atoms with van der Waals surface area (Å²) in [5.41, 5.74) is 0. The average molecular weight is 758 g/mol. The largest absolute Gasteiger partial charge is 0.389 e. The van der Waals surface area contributed by atoms with Gasteiger partial charge in [0, 0.05) is 25.4 Å². The number of hydrogen-bond acceptors (Lipinski definition) is 7. The number of likely N-dealkylation sites (tertiary alicyclic amines) is 1. The van der Waals surface area contributed by atoms with Gasteiger partial charge in [-0.3, -0.25) is 24.0 Å². The van der Waals surface area contributed by atoms with Gasteiger partial charge in [0.2, 0.25) is 11.8 Å². The molecule has 2 saturated carbocycles. The van der Waals surface area contributed by atoms with Gasteiger partial charge in [0.1, 0.15) is 17.5 Å². The fourth-order valence-corrected chi connectivity index (χ4v) is 8.31. The van der Waals surface area contributed by atoms with Crippen molar-refractivity contribution in [3.8, 4) is 0 Å². The van der Waals surface area contributed by atoms with Gasteiger partial charge >= 0.3 is 12.2 Å². The number of thioether (sulfide) groups is 1. The predicted molar refractivity (Wildman–Crippen MR) is 194 cm³/mol. The lowest BCUT2D eigenvalue weighted by Crippen LogP contribution is -2.60. The van der Waals surface area contributed by atoms with Crippen molar-refractivity contribution in [3.05, 3.63) is 12.7 Å². The Hall–Kier alpha value is -3.10. The Kier molecular flexibility index (Phi) is 17.0. The van der Waals surface area contributed by atoms with Gasteiger partial charge in [-0.05, 0) is 80.8 Å². The van der Waals surface area contributed by atoms with Gasteiger partial charge in [0.15, 0.2) is 5.78 Å². The van der Waals surface area contributed by atoms with E-state index in [2.05, 4.69) is 27.8 Å². The summed E-state index contributed by atoms with van der Waals surface area (Å²) in [4.78, 5) is 82.6. The normalized spacial score (nSPS) is 21.3. The summed E-state index contributed by atoms with van der Waals surface area (Å²) in [6.45, 7) is 11.5. The first-order valence-electron chi connectivity index (χ1n) is 18.9. The molecule has 2 aliphatic carbocycles. The first-order chi connectivity index (χ1) is 24.5. The number of carbonyl (C=O) groups excluding carboxylic acids is 6. The quantitative estimate of drug-likeness (QED) is 0.0571. The molecule has 1 aliphatic heterocycles. The zero-order valence-electron chi connectivity index (χ0n) is 31.0. The highest BCUT2D eigenvalue weighted by molar-refractivity contribution is 8.00. The molecule has 0 aromatic rings. The Morgan fingerprint density at radius 2 is 1.58 bits per heavy atom. The van der Waals surface area contributed by atoms with Gasteiger partial charge in [-0.25, -0.2) is 4.79 Å². The molecular formula is C37H58F3N5O6S. The van der Waals surface area contributed by atoms with E-state index in [0.717, 1.165) is 43.9 Å². The molecule has 4 N–H and O–H groups in total. The van der Waals surface area contributed by atoms with E-state index in [1.54, 1.807) is 0 Å². The molecule has 1 unspecified atom stereocenters. The maximum absolute atomic E-state index is 14.6. The van der Waals surface area contributed by atoms with Crippen molar-refractivity contribution in [1.29, 1.82) is 0 Å². The van der Waals surface area contributed by atoms with Gasteiger partial charge in [-0.1, -0.05) is 53.0 Å². The maximum atomic E-state index is 14.6. The molecule has 5 atom stereocenters. The van der Waals surface area contributed by atoms with Crippen molar-refractivity contribution < 1.29 is 41.9 Å². The van der Waals surface area contributed by atoms with Crippen LogP contribution in [0.1, 0.15) is 105 Å². The zero-order valence-corrected chi connectivity index (χ0v) is 31.8. The van der Waals surface area contributed by atoms with Crippen LogP contribution in [0.4, 0.5) is 18.0 Å². The highest BCUT2D eigenvalue weighted by Crippen LogP contribution is 2.35. The van der Waals surface area contributed by atoms with Gasteiger partial charge in [-0.2, -0.15) is 13.2 Å². The van der Waals surface area contributed by atoms with Gasteiger partial charge in [-0.15, -0.1) is 18.3 Å². The Morgan fingerprint density at radius 3 is 2.15 bits per heavy atom. The smallest absolute Gasteiger partial charge is 0.346 e. The third kappa shape index (κ3) is 13.4. The van der Waals surface area contributed by atoms with E-state index >= 15 is 0 Å². The van der Waals surface area contributed by atoms with E-state index in [1.165, 1.54) is 11.0 Å². The lowest BCUT2D eigenvalue weighted by Gasteiger charge is -2.36. The Morgan fingerprint density at radius 1 is 0.904 bits per heavy atom. The van der Waals surface area contributed by atoms with E-state index in [1.807, 2.05) is 27.7 Å². The van der Waals surface area contributed by atoms with Crippen LogP contribution in [-0.4, -0.2) is 88.7 Å². The molecule has 3 rings (SSSR count). The van der Waals surface area contributed by atoms with Crippen molar-refractivity contribution in [1.82, 2.24) is 26.2 Å². The molecule has 0 radical (unpaired) electrons. The Bertz CT molecular complexity index is 1270. The molecule has 0 bridgehead atoms. The fourth-order valence-electron chi connectivity index (χ4n) is 7.25. The van der Waals surface area contributed by atoms with Crippen LogP contribution < -0.4 is 21.3 Å². The second-order valence-electron chi connectivity index (χ2n) is 15.2. The first-order valence-corrected chi connectivity index (χ1v) is 19.9. The van der Waals surface area contributed by atoms with Crippen LogP contribution in [-0.2, 0) is 24.0 Å². The molecule has 1 saturated heterocycles. The number of nitrogens with one attached hydrogen (secondary N) is 4. The van der Waals surface area contributed by atoms with Crippen molar-refractivity contribution in [2.45, 2.75) is 134 Å². The summed E-state index contributed by atoms with van der Waals surface area (Å²) in [6, 6.07) is -3.28. The van der Waals surface area contributed by atoms with Crippen LogP contribution in [0.15, 0.2) is 12.7 Å². The molecule has 0 spiro atoms. The summed E-state index contributed by atoms with van der Waals surface area (Å²) in [6.07, 6.45) is 2.85. The molecule has 3 aliphatic rings. The summed E-state index contributed by atoms with van der Waals surface area (Å²) >= 11 is 0.876. The van der Waals surface area contributed by atoms with E-state index in [9.17, 15) is 41.9 Å². The minimum absolute atomic E-state index is 0.00134. The topological polar surface area (TPSA) is 154 Å². The van der Waals surface area contributed by atoms with Gasteiger partial charge in [0.05, 0.1) is 6.04 Å². The van der Waals surface area contributed by atoms with Crippen LogP contribution in [0.25, 0.3) is 0 Å². The second-order valence-corrected chi connectivity index (χ2v) is 16.5. The van der Waals surface area contributed by atoms with E-state index in [0.29, 0.717) is 25.7 Å². The van der Waals surface area contributed by atoms with E-state index in [4.69, 9.17) is 0 Å². The molecule has 0 aromatic carbocycles. The third-order valence-corrected chi connectivity index (χ3v) is 11.2. The average Bonchev–Trinajstić information content (AvgIpc) is 3.86. The second kappa shape index (κ2) is 20.4. The van der Waals surface area contributed by atoms with Crippen LogP contribution in [0, 0.1) is 29.6 Å². The summed E-state index contributed by atoms with van der Waals surface area (Å²) in [7, 11) is 0. The molecule has 52 heavy (non-hydrogen) atoms. The van der Waals surface area contributed by atoms with Gasteiger partial charge < -0.3 is 26.2 Å². The molecule has 5 amide bonds. The van der Waals surface area contributed by atoms with Crippen molar-refractivity contribution in [2.24, 2.45) is 29.6 Å². The summed E-state index contributed by atoms with van der Waals surface area (Å²) < 4.78 is 38.1. The number of ketones is 2. The number of hydrogen-bond donors (Lipinski definition) is 4. The number of nitrogens with zero attached hydrogens (tertiary/aromatic N) is 1. The van der Waals surface area contributed by atoms with Crippen LogP contribution >= 0.6 is 11.8 Å².